The molecule has 0 saturated carbocycles. The van der Waals surface area contributed by atoms with Crippen LogP contribution in [0.15, 0.2) is 36.4 Å². The topological polar surface area (TPSA) is 49.7 Å². The van der Waals surface area contributed by atoms with E-state index in [0.717, 1.165) is 30.4 Å². The highest BCUT2D eigenvalue weighted by Gasteiger charge is 2.28. The van der Waals surface area contributed by atoms with Gasteiger partial charge >= 0.3 is 8.60 Å². The molecule has 0 amide bonds. The molecule has 0 aliphatic heterocycles. The van der Waals surface area contributed by atoms with Gasteiger partial charge in [-0.25, -0.2) is 0 Å². The predicted octanol–water partition coefficient (Wildman–Crippen LogP) is 8.01. The van der Waals surface area contributed by atoms with Crippen molar-refractivity contribution in [1.29, 1.82) is 0 Å². The van der Waals surface area contributed by atoms with Crippen molar-refractivity contribution >= 4 is 8.60 Å². The maximum atomic E-state index is 9.61. The first kappa shape index (κ1) is 25.8. The Balaban J connectivity index is 2.85. The van der Waals surface area contributed by atoms with Crippen LogP contribution in [0, 0.1) is 0 Å². The monoisotopic (exact) mass is 444 g/mol. The molecule has 0 aromatic heterocycles. The Morgan fingerprint density at radius 1 is 0.677 bits per heavy atom. The van der Waals surface area contributed by atoms with Gasteiger partial charge in [-0.2, -0.15) is 0 Å². The Hall–Kier alpha value is -1.41. The van der Waals surface area contributed by atoms with Crippen LogP contribution in [0.1, 0.15) is 98.3 Å². The SMILES string of the molecule is CCC(C)(C)c1ccc(OP(O)O)c(-c2ccc(C(C)(C)CC)cc2C(C)(C)CC)c1. The van der Waals surface area contributed by atoms with E-state index in [4.69, 9.17) is 4.52 Å². The minimum Gasteiger partial charge on any atom is -0.426 e. The molecule has 0 saturated heterocycles. The van der Waals surface area contributed by atoms with Gasteiger partial charge < -0.3 is 14.3 Å². The van der Waals surface area contributed by atoms with Crippen LogP contribution in [0.25, 0.3) is 11.1 Å². The van der Waals surface area contributed by atoms with Crippen molar-refractivity contribution < 1.29 is 14.3 Å². The van der Waals surface area contributed by atoms with Gasteiger partial charge in [-0.3, -0.25) is 0 Å². The number of rotatable bonds is 9. The molecule has 0 heterocycles. The van der Waals surface area contributed by atoms with Crippen LogP contribution < -0.4 is 4.52 Å². The molecule has 2 aromatic rings. The summed E-state index contributed by atoms with van der Waals surface area (Å²) >= 11 is 0. The van der Waals surface area contributed by atoms with Crippen molar-refractivity contribution in [1.82, 2.24) is 0 Å². The van der Waals surface area contributed by atoms with E-state index >= 15 is 0 Å². The van der Waals surface area contributed by atoms with Gasteiger partial charge in [0.1, 0.15) is 5.75 Å². The van der Waals surface area contributed by atoms with Crippen LogP contribution in [-0.2, 0) is 16.2 Å². The average Bonchev–Trinajstić information content (AvgIpc) is 2.73. The van der Waals surface area contributed by atoms with Gasteiger partial charge in [0, 0.05) is 5.56 Å². The lowest BCUT2D eigenvalue weighted by Gasteiger charge is -2.32. The highest BCUT2D eigenvalue weighted by atomic mass is 31.2. The van der Waals surface area contributed by atoms with Crippen molar-refractivity contribution in [3.8, 4) is 16.9 Å². The molecule has 0 radical (unpaired) electrons. The van der Waals surface area contributed by atoms with Crippen LogP contribution in [0.5, 0.6) is 5.75 Å². The molecule has 0 fully saturated rings. The van der Waals surface area contributed by atoms with E-state index in [9.17, 15) is 9.79 Å². The van der Waals surface area contributed by atoms with E-state index in [1.807, 2.05) is 12.1 Å². The average molecular weight is 445 g/mol. The lowest BCUT2D eigenvalue weighted by atomic mass is 9.73. The van der Waals surface area contributed by atoms with E-state index in [1.165, 1.54) is 16.7 Å². The largest absolute Gasteiger partial charge is 0.426 e. The molecular formula is C27H41O3P. The number of benzene rings is 2. The standard InChI is InChI=1S/C27H41O3P/c1-10-25(4,5)19-14-16-24(30-31(28)29)22(17-19)21-15-13-20(26(6,7)11-2)18-23(21)27(8,9)12-3/h13-18,28-29H,10-12H2,1-9H3. The Labute approximate surface area is 190 Å². The molecule has 0 unspecified atom stereocenters. The summed E-state index contributed by atoms with van der Waals surface area (Å²) in [5.41, 5.74) is 5.91. The van der Waals surface area contributed by atoms with E-state index in [2.05, 4.69) is 86.6 Å². The third-order valence-corrected chi connectivity index (χ3v) is 7.77. The fourth-order valence-corrected chi connectivity index (χ4v) is 4.02. The Kier molecular flexibility index (Phi) is 8.01. The molecule has 0 aliphatic rings. The molecule has 2 rings (SSSR count). The van der Waals surface area contributed by atoms with Crippen LogP contribution in [-0.4, -0.2) is 9.79 Å². The van der Waals surface area contributed by atoms with Crippen LogP contribution in [0.4, 0.5) is 0 Å². The summed E-state index contributed by atoms with van der Waals surface area (Å²) in [4.78, 5) is 19.2. The van der Waals surface area contributed by atoms with E-state index in [-0.39, 0.29) is 16.2 Å². The summed E-state index contributed by atoms with van der Waals surface area (Å²) in [5.74, 6) is 0.516. The van der Waals surface area contributed by atoms with Crippen LogP contribution >= 0.6 is 8.60 Å². The summed E-state index contributed by atoms with van der Waals surface area (Å²) in [6.07, 6.45) is 3.07. The van der Waals surface area contributed by atoms with Crippen molar-refractivity contribution in [2.75, 3.05) is 0 Å². The quantitative estimate of drug-likeness (QED) is 0.385. The van der Waals surface area contributed by atoms with Gasteiger partial charge in [0.05, 0.1) is 0 Å². The Morgan fingerprint density at radius 2 is 1.16 bits per heavy atom. The summed E-state index contributed by atoms with van der Waals surface area (Å²) in [5, 5.41) is 0. The van der Waals surface area contributed by atoms with Gasteiger partial charge in [0.2, 0.25) is 0 Å². The normalized spacial score (nSPS) is 13.0. The molecule has 4 heteroatoms. The minimum absolute atomic E-state index is 0.0149. The molecule has 31 heavy (non-hydrogen) atoms. The van der Waals surface area contributed by atoms with Crippen molar-refractivity contribution in [2.45, 2.75) is 97.8 Å². The fourth-order valence-electron chi connectivity index (χ4n) is 3.69. The van der Waals surface area contributed by atoms with Crippen molar-refractivity contribution in [2.24, 2.45) is 0 Å². The second-order valence-corrected chi connectivity index (χ2v) is 11.2. The lowest BCUT2D eigenvalue weighted by Crippen LogP contribution is -2.21. The third-order valence-electron chi connectivity index (χ3n) is 7.41. The van der Waals surface area contributed by atoms with E-state index in [0.29, 0.717) is 5.75 Å². The molecule has 0 aliphatic carbocycles. The lowest BCUT2D eigenvalue weighted by molar-refractivity contribution is 0.375. The van der Waals surface area contributed by atoms with E-state index in [1.54, 1.807) is 0 Å². The summed E-state index contributed by atoms with van der Waals surface area (Å²) in [7, 11) is -2.49. The Bertz CT molecular complexity index is 897. The maximum Gasteiger partial charge on any atom is 0.391 e. The van der Waals surface area contributed by atoms with Gasteiger partial charge in [0.25, 0.3) is 0 Å². The molecule has 172 valence electrons. The number of hydrogen-bond acceptors (Lipinski definition) is 3. The van der Waals surface area contributed by atoms with Gasteiger partial charge in [-0.05, 0) is 69.9 Å². The maximum absolute atomic E-state index is 9.61. The van der Waals surface area contributed by atoms with Crippen molar-refractivity contribution in [3.05, 3.63) is 53.1 Å². The number of hydrogen-bond donors (Lipinski definition) is 2. The molecular weight excluding hydrogens is 403 g/mol. The first-order chi connectivity index (χ1) is 14.3. The molecule has 2 N–H and O–H groups in total. The van der Waals surface area contributed by atoms with Crippen molar-refractivity contribution in [3.63, 3.8) is 0 Å². The predicted molar refractivity (Wildman–Crippen MR) is 134 cm³/mol. The molecule has 2 aromatic carbocycles. The summed E-state index contributed by atoms with van der Waals surface area (Å²) < 4.78 is 5.50. The van der Waals surface area contributed by atoms with Crippen LogP contribution in [0.3, 0.4) is 0 Å². The van der Waals surface area contributed by atoms with Crippen LogP contribution in [0.2, 0.25) is 0 Å². The van der Waals surface area contributed by atoms with E-state index < -0.39 is 8.60 Å². The third kappa shape index (κ3) is 5.69. The fraction of sp³-hybridized carbons (Fsp3) is 0.556. The van der Waals surface area contributed by atoms with Gasteiger partial charge in [0.15, 0.2) is 0 Å². The summed E-state index contributed by atoms with van der Waals surface area (Å²) in [6.45, 7) is 20.2. The molecule has 3 nitrogen and oxygen atoms in total. The zero-order chi connectivity index (χ0) is 23.6. The van der Waals surface area contributed by atoms with Gasteiger partial charge in [-0.1, -0.05) is 86.6 Å². The first-order valence-electron chi connectivity index (χ1n) is 11.4. The first-order valence-corrected chi connectivity index (χ1v) is 12.6. The Morgan fingerprint density at radius 3 is 1.65 bits per heavy atom. The molecule has 0 bridgehead atoms. The van der Waals surface area contributed by atoms with Gasteiger partial charge in [-0.15, -0.1) is 0 Å². The zero-order valence-electron chi connectivity index (χ0n) is 20.8. The minimum atomic E-state index is -2.49. The highest BCUT2D eigenvalue weighted by molar-refractivity contribution is 7.39. The second-order valence-electron chi connectivity index (χ2n) is 10.5. The smallest absolute Gasteiger partial charge is 0.391 e. The second kappa shape index (κ2) is 9.61. The molecule has 0 atom stereocenters. The molecule has 0 spiro atoms. The summed E-state index contributed by atoms with van der Waals surface area (Å²) in [6, 6.07) is 12.9. The zero-order valence-corrected chi connectivity index (χ0v) is 21.7. The highest BCUT2D eigenvalue weighted by Crippen LogP contribution is 2.45.